The van der Waals surface area contributed by atoms with Gasteiger partial charge in [0.05, 0.1) is 22.6 Å². The summed E-state index contributed by atoms with van der Waals surface area (Å²) in [5.41, 5.74) is 10.5. The Morgan fingerprint density at radius 2 is 1.43 bits per heavy atom. The van der Waals surface area contributed by atoms with Crippen molar-refractivity contribution < 1.29 is 23.9 Å². The Balaban J connectivity index is 0.700. The number of anilines is 2. The molecule has 3 aromatic carbocycles. The van der Waals surface area contributed by atoms with Crippen LogP contribution in [0.25, 0.3) is 22.3 Å². The number of carbonyl (C=O) groups is 4. The molecule has 4 fully saturated rings. The lowest BCUT2D eigenvalue weighted by molar-refractivity contribution is -0.136. The number of nitrogens with two attached hydrogens (primary N) is 1. The fraction of sp³-hybridized carbons (Fsp3) is 0.400. The van der Waals surface area contributed by atoms with Gasteiger partial charge in [0.2, 0.25) is 11.8 Å². The van der Waals surface area contributed by atoms with Crippen LogP contribution in [0.2, 0.25) is 0 Å². The lowest BCUT2D eigenvalue weighted by atomic mass is 10.0. The van der Waals surface area contributed by atoms with Crippen molar-refractivity contribution in [2.24, 2.45) is 0 Å². The SMILES string of the molecule is Nc1ncnc2c1c(-c1ccc(Oc3ccccc3)cc1)nn2C1CCN(CCN2CCC(N3CCN(c4ccc5c(c4)C(=O)N(C4CCC(=O)NC4=O)C5=O)CC3)C2)CC1. The number of aromatic nitrogens is 4. The zero-order valence-corrected chi connectivity index (χ0v) is 34.0. The Labute approximate surface area is 353 Å². The van der Waals surface area contributed by atoms with Gasteiger partial charge >= 0.3 is 0 Å². The summed E-state index contributed by atoms with van der Waals surface area (Å²) in [4.78, 5) is 70.7. The second-order valence-corrected chi connectivity index (χ2v) is 16.7. The monoisotopic (exact) mass is 823 g/mol. The largest absolute Gasteiger partial charge is 0.457 e. The molecule has 0 saturated carbocycles. The molecule has 3 N–H and O–H groups in total. The Hall–Kier alpha value is -6.23. The van der Waals surface area contributed by atoms with Gasteiger partial charge in [-0.3, -0.25) is 34.3 Å². The third-order valence-corrected chi connectivity index (χ3v) is 13.1. The number of hydrogen-bond donors (Lipinski definition) is 2. The van der Waals surface area contributed by atoms with Gasteiger partial charge in [0.1, 0.15) is 35.4 Å². The van der Waals surface area contributed by atoms with E-state index in [9.17, 15) is 19.2 Å². The first-order chi connectivity index (χ1) is 29.8. The van der Waals surface area contributed by atoms with Crippen LogP contribution in [0.1, 0.15) is 58.9 Å². The van der Waals surface area contributed by atoms with Crippen LogP contribution in [0.3, 0.4) is 0 Å². The summed E-state index contributed by atoms with van der Waals surface area (Å²) in [7, 11) is 0. The van der Waals surface area contributed by atoms with E-state index in [1.807, 2.05) is 60.7 Å². The Morgan fingerprint density at radius 3 is 2.20 bits per heavy atom. The van der Waals surface area contributed by atoms with Crippen LogP contribution in [0.15, 0.2) is 79.1 Å². The van der Waals surface area contributed by atoms with Crippen LogP contribution in [0.4, 0.5) is 11.5 Å². The Kier molecular flexibility index (Phi) is 10.4. The highest BCUT2D eigenvalue weighted by Gasteiger charge is 2.45. The number of hydrogen-bond acceptors (Lipinski definition) is 13. The number of imide groups is 2. The number of fused-ring (bicyclic) bond motifs is 2. The van der Waals surface area contributed by atoms with Crippen molar-refractivity contribution in [1.82, 2.24) is 44.7 Å². The summed E-state index contributed by atoms with van der Waals surface area (Å²) in [6.45, 7) is 9.70. The van der Waals surface area contributed by atoms with Gasteiger partial charge in [0.25, 0.3) is 11.8 Å². The van der Waals surface area contributed by atoms with E-state index >= 15 is 0 Å². The number of amides is 4. The molecular formula is C45H49N11O5. The first kappa shape index (κ1) is 38.9. The number of piperazine rings is 1. The van der Waals surface area contributed by atoms with Gasteiger partial charge in [0, 0.05) is 82.6 Å². The minimum Gasteiger partial charge on any atom is -0.457 e. The lowest BCUT2D eigenvalue weighted by Crippen LogP contribution is -2.54. The molecule has 61 heavy (non-hydrogen) atoms. The maximum absolute atomic E-state index is 13.4. The molecule has 2 atom stereocenters. The zero-order valence-electron chi connectivity index (χ0n) is 34.0. The molecular weight excluding hydrogens is 775 g/mol. The van der Waals surface area contributed by atoms with Gasteiger partial charge in [-0.15, -0.1) is 0 Å². The van der Waals surface area contributed by atoms with E-state index in [1.165, 1.54) is 6.33 Å². The minimum absolute atomic E-state index is 0.0992. The molecule has 0 aliphatic carbocycles. The maximum atomic E-state index is 13.4. The number of nitrogen functional groups attached to an aromatic ring is 1. The van der Waals surface area contributed by atoms with Gasteiger partial charge in [-0.25, -0.2) is 14.6 Å². The zero-order chi connectivity index (χ0) is 41.6. The molecule has 0 bridgehead atoms. The average molecular weight is 824 g/mol. The van der Waals surface area contributed by atoms with Crippen molar-refractivity contribution in [3.8, 4) is 22.8 Å². The van der Waals surface area contributed by atoms with Crippen molar-refractivity contribution in [3.05, 3.63) is 90.3 Å². The molecule has 5 aliphatic heterocycles. The number of ether oxygens (including phenoxy) is 1. The topological polar surface area (TPSA) is 175 Å². The number of piperidine rings is 2. The number of para-hydroxylation sites is 1. The predicted octanol–water partition coefficient (Wildman–Crippen LogP) is 3.80. The second kappa shape index (κ2) is 16.3. The molecule has 5 aliphatic rings. The quantitative estimate of drug-likeness (QED) is 0.195. The fourth-order valence-electron chi connectivity index (χ4n) is 9.74. The molecule has 2 unspecified atom stereocenters. The average Bonchev–Trinajstić information content (AvgIpc) is 3.99. The number of nitrogens with zero attached hydrogens (tertiary/aromatic N) is 9. The highest BCUT2D eigenvalue weighted by Crippen LogP contribution is 2.36. The number of nitrogens with one attached hydrogen (secondary N) is 1. The number of benzene rings is 3. The molecule has 0 spiro atoms. The Morgan fingerprint density at radius 1 is 0.721 bits per heavy atom. The summed E-state index contributed by atoms with van der Waals surface area (Å²) < 4.78 is 8.08. The third kappa shape index (κ3) is 7.59. The van der Waals surface area contributed by atoms with Crippen molar-refractivity contribution >= 4 is 46.2 Å². The van der Waals surface area contributed by atoms with E-state index in [-0.39, 0.29) is 24.8 Å². The number of rotatable bonds is 10. The summed E-state index contributed by atoms with van der Waals surface area (Å²) in [6.07, 6.45) is 4.87. The van der Waals surface area contributed by atoms with Gasteiger partial charge in [-0.05, 0) is 86.8 Å². The van der Waals surface area contributed by atoms with Crippen molar-refractivity contribution in [3.63, 3.8) is 0 Å². The molecule has 4 saturated heterocycles. The molecule has 16 nitrogen and oxygen atoms in total. The van der Waals surface area contributed by atoms with E-state index in [0.29, 0.717) is 23.0 Å². The van der Waals surface area contributed by atoms with Crippen LogP contribution >= 0.6 is 0 Å². The van der Waals surface area contributed by atoms with Crippen molar-refractivity contribution in [2.75, 3.05) is 76.1 Å². The van der Waals surface area contributed by atoms with Crippen LogP contribution in [0.5, 0.6) is 11.5 Å². The summed E-state index contributed by atoms with van der Waals surface area (Å²) in [5.74, 6) is 0.0235. The van der Waals surface area contributed by atoms with E-state index in [4.69, 9.17) is 15.6 Å². The summed E-state index contributed by atoms with van der Waals surface area (Å²) >= 11 is 0. The maximum Gasteiger partial charge on any atom is 0.262 e. The predicted molar refractivity (Wildman–Crippen MR) is 228 cm³/mol. The highest BCUT2D eigenvalue weighted by molar-refractivity contribution is 6.23. The third-order valence-electron chi connectivity index (χ3n) is 13.1. The van der Waals surface area contributed by atoms with Crippen molar-refractivity contribution in [2.45, 2.75) is 50.2 Å². The number of likely N-dealkylation sites (tertiary alicyclic amines) is 2. The molecule has 5 aromatic rings. The van der Waals surface area contributed by atoms with Gasteiger partial charge < -0.3 is 25.2 Å². The summed E-state index contributed by atoms with van der Waals surface area (Å²) in [5, 5.41) is 8.16. The molecule has 2 aromatic heterocycles. The van der Waals surface area contributed by atoms with Crippen LogP contribution < -0.4 is 20.7 Å². The standard InChI is InChI=1S/C45H49N11O5/c46-41-39-40(29-6-9-34(10-7-29)61-33-4-2-1-3-5-33)50-56(42(39)48-28-47-41)30-14-17-51(18-15-30)20-21-52-19-16-32(27-52)54-24-22-53(23-25-54)31-8-11-35-36(26-31)45(60)55(44(35)59)37-12-13-38(57)49-43(37)58/h1-11,26,28,30,32,37H,12-25,27H2,(H2,46,47,48)(H,49,57,58). The van der Waals surface area contributed by atoms with Crippen molar-refractivity contribution in [1.29, 1.82) is 0 Å². The normalized spacial score (nSPS) is 22.0. The molecule has 4 amide bonds. The highest BCUT2D eigenvalue weighted by atomic mass is 16.5. The van der Waals surface area contributed by atoms with Gasteiger partial charge in [0.15, 0.2) is 5.65 Å². The molecule has 7 heterocycles. The smallest absolute Gasteiger partial charge is 0.262 e. The van der Waals surface area contributed by atoms with Crippen LogP contribution in [0, 0.1) is 0 Å². The van der Waals surface area contributed by atoms with Gasteiger partial charge in [-0.2, -0.15) is 5.10 Å². The first-order valence-corrected chi connectivity index (χ1v) is 21.4. The van der Waals surface area contributed by atoms with Gasteiger partial charge in [-0.1, -0.05) is 18.2 Å². The molecule has 16 heteroatoms. The Bertz CT molecular complexity index is 2480. The van der Waals surface area contributed by atoms with E-state index < -0.39 is 23.8 Å². The molecule has 0 radical (unpaired) electrons. The van der Waals surface area contributed by atoms with E-state index in [0.717, 1.165) is 129 Å². The first-order valence-electron chi connectivity index (χ1n) is 21.4. The number of carbonyl (C=O) groups excluding carboxylic acids is 4. The van der Waals surface area contributed by atoms with Crippen LogP contribution in [-0.4, -0.2) is 141 Å². The lowest BCUT2D eigenvalue weighted by Gasteiger charge is -2.39. The minimum atomic E-state index is -0.965. The second-order valence-electron chi connectivity index (χ2n) is 16.7. The van der Waals surface area contributed by atoms with Crippen LogP contribution in [-0.2, 0) is 9.59 Å². The van der Waals surface area contributed by atoms with E-state index in [2.05, 4.69) is 39.6 Å². The van der Waals surface area contributed by atoms with E-state index in [1.54, 1.807) is 12.1 Å². The fourth-order valence-corrected chi connectivity index (χ4v) is 9.74. The molecule has 10 rings (SSSR count). The summed E-state index contributed by atoms with van der Waals surface area (Å²) in [6, 6.07) is 22.8. The molecule has 314 valence electrons.